The number of rotatable bonds is 4. The molecule has 0 saturated carbocycles. The van der Waals surface area contributed by atoms with Gasteiger partial charge in [0.1, 0.15) is 0 Å². The van der Waals surface area contributed by atoms with Crippen molar-refractivity contribution in [2.24, 2.45) is 5.73 Å². The number of nitrogens with two attached hydrogens (primary N) is 1. The van der Waals surface area contributed by atoms with Gasteiger partial charge in [0.15, 0.2) is 0 Å². The van der Waals surface area contributed by atoms with E-state index in [-0.39, 0.29) is 12.4 Å². The van der Waals surface area contributed by atoms with Gasteiger partial charge in [-0.2, -0.15) is 0 Å². The summed E-state index contributed by atoms with van der Waals surface area (Å²) in [5.41, 5.74) is 8.17. The zero-order chi connectivity index (χ0) is 8.81. The van der Waals surface area contributed by atoms with Crippen molar-refractivity contribution in [2.75, 3.05) is 6.54 Å². The summed E-state index contributed by atoms with van der Waals surface area (Å²) in [5, 5.41) is 0. The molecule has 0 fully saturated rings. The second-order valence-electron chi connectivity index (χ2n) is 3.23. The van der Waals surface area contributed by atoms with Crippen LogP contribution in [0.5, 0.6) is 0 Å². The molecule has 0 aliphatic rings. The highest BCUT2D eigenvalue weighted by Crippen LogP contribution is 2.06. The van der Waals surface area contributed by atoms with Crippen molar-refractivity contribution in [1.29, 1.82) is 0 Å². The van der Waals surface area contributed by atoms with Crippen LogP contribution in [0.25, 0.3) is 0 Å². The van der Waals surface area contributed by atoms with Crippen molar-refractivity contribution in [2.45, 2.75) is 26.2 Å². The Labute approximate surface area is 86.7 Å². The highest BCUT2D eigenvalue weighted by molar-refractivity contribution is 5.85. The Balaban J connectivity index is 0.00000144. The van der Waals surface area contributed by atoms with Crippen LogP contribution in [0.1, 0.15) is 24.0 Å². The first kappa shape index (κ1) is 12.5. The molecule has 0 aliphatic heterocycles. The van der Waals surface area contributed by atoms with E-state index < -0.39 is 0 Å². The number of benzene rings is 1. The Morgan fingerprint density at radius 2 is 1.69 bits per heavy atom. The van der Waals surface area contributed by atoms with E-state index in [9.17, 15) is 0 Å². The van der Waals surface area contributed by atoms with Gasteiger partial charge >= 0.3 is 0 Å². The van der Waals surface area contributed by atoms with Crippen LogP contribution in [0.3, 0.4) is 0 Å². The van der Waals surface area contributed by atoms with Crippen LogP contribution < -0.4 is 5.73 Å². The van der Waals surface area contributed by atoms with Crippen LogP contribution in [0.15, 0.2) is 24.3 Å². The molecule has 1 rings (SSSR count). The third kappa shape index (κ3) is 4.91. The lowest BCUT2D eigenvalue weighted by molar-refractivity contribution is 0.745. The minimum absolute atomic E-state index is 0. The van der Waals surface area contributed by atoms with Crippen molar-refractivity contribution in [1.82, 2.24) is 0 Å². The quantitative estimate of drug-likeness (QED) is 0.742. The van der Waals surface area contributed by atoms with E-state index >= 15 is 0 Å². The van der Waals surface area contributed by atoms with Gasteiger partial charge in [0.05, 0.1) is 0 Å². The predicted molar refractivity (Wildman–Crippen MR) is 60.4 cm³/mol. The van der Waals surface area contributed by atoms with Crippen LogP contribution >= 0.6 is 12.4 Å². The average molecular weight is 200 g/mol. The fourth-order valence-corrected chi connectivity index (χ4v) is 1.23. The fraction of sp³-hybridized carbons (Fsp3) is 0.455. The summed E-state index contributed by atoms with van der Waals surface area (Å²) in [5.74, 6) is 0. The molecule has 0 unspecified atom stereocenters. The highest BCUT2D eigenvalue weighted by Gasteiger charge is 1.91. The monoisotopic (exact) mass is 199 g/mol. The van der Waals surface area contributed by atoms with Gasteiger partial charge < -0.3 is 5.73 Å². The molecule has 0 atom stereocenters. The molecule has 0 saturated heterocycles. The molecule has 1 nitrogen and oxygen atoms in total. The van der Waals surface area contributed by atoms with Gasteiger partial charge in [-0.05, 0) is 38.3 Å². The molecule has 1 aromatic rings. The molecule has 13 heavy (non-hydrogen) atoms. The maximum Gasteiger partial charge on any atom is -0.00772 e. The predicted octanol–water partition coefficient (Wildman–Crippen LogP) is 2.70. The van der Waals surface area contributed by atoms with Crippen molar-refractivity contribution < 1.29 is 0 Å². The molecule has 0 aliphatic carbocycles. The van der Waals surface area contributed by atoms with Gasteiger partial charge in [-0.3, -0.25) is 0 Å². The Bertz CT molecular complexity index is 218. The molecule has 2 N–H and O–H groups in total. The molecular formula is C11H18ClN. The molecule has 0 radical (unpaired) electrons. The van der Waals surface area contributed by atoms with Crippen molar-refractivity contribution in [3.63, 3.8) is 0 Å². The van der Waals surface area contributed by atoms with Gasteiger partial charge in [-0.15, -0.1) is 12.4 Å². The molecule has 1 aromatic carbocycles. The van der Waals surface area contributed by atoms with Gasteiger partial charge in [-0.25, -0.2) is 0 Å². The normalized spacial score (nSPS) is 9.38. The average Bonchev–Trinajstić information content (AvgIpc) is 2.09. The van der Waals surface area contributed by atoms with E-state index in [4.69, 9.17) is 5.73 Å². The third-order valence-electron chi connectivity index (χ3n) is 2.04. The lowest BCUT2D eigenvalue weighted by Gasteiger charge is -2.00. The number of unbranched alkanes of at least 4 members (excludes halogenated alkanes) is 1. The zero-order valence-electron chi connectivity index (χ0n) is 8.12. The maximum absolute atomic E-state index is 5.42. The molecule has 2 heteroatoms. The standard InChI is InChI=1S/C11H17N.ClH/c1-10-5-7-11(8-6-10)4-2-3-9-12;/h5-8H,2-4,9,12H2,1H3;1H. The number of hydrogen-bond donors (Lipinski definition) is 1. The van der Waals surface area contributed by atoms with Crippen LogP contribution in [0, 0.1) is 6.92 Å². The van der Waals surface area contributed by atoms with Gasteiger partial charge in [0.2, 0.25) is 0 Å². The van der Waals surface area contributed by atoms with E-state index in [1.54, 1.807) is 0 Å². The highest BCUT2D eigenvalue weighted by atomic mass is 35.5. The van der Waals surface area contributed by atoms with Crippen molar-refractivity contribution in [3.05, 3.63) is 35.4 Å². The van der Waals surface area contributed by atoms with Crippen LogP contribution in [0.2, 0.25) is 0 Å². The number of hydrogen-bond acceptors (Lipinski definition) is 1. The van der Waals surface area contributed by atoms with Crippen molar-refractivity contribution >= 4 is 12.4 Å². The van der Waals surface area contributed by atoms with Gasteiger partial charge in [-0.1, -0.05) is 29.8 Å². The minimum atomic E-state index is 0. The molecule has 0 bridgehead atoms. The van der Waals surface area contributed by atoms with Gasteiger partial charge in [0, 0.05) is 0 Å². The molecule has 0 spiro atoms. The summed E-state index contributed by atoms with van der Waals surface area (Å²) in [6.45, 7) is 2.93. The SMILES string of the molecule is Cc1ccc(CCCCN)cc1.Cl. The van der Waals surface area contributed by atoms with Crippen LogP contribution in [-0.4, -0.2) is 6.54 Å². The first-order valence-electron chi connectivity index (χ1n) is 4.58. The summed E-state index contributed by atoms with van der Waals surface area (Å²) < 4.78 is 0. The second-order valence-corrected chi connectivity index (χ2v) is 3.23. The fourth-order valence-electron chi connectivity index (χ4n) is 1.23. The molecule has 0 aromatic heterocycles. The summed E-state index contributed by atoms with van der Waals surface area (Å²) >= 11 is 0. The topological polar surface area (TPSA) is 26.0 Å². The largest absolute Gasteiger partial charge is 0.330 e. The summed E-state index contributed by atoms with van der Waals surface area (Å²) in [6, 6.07) is 8.73. The summed E-state index contributed by atoms with van der Waals surface area (Å²) in [6.07, 6.45) is 3.50. The Morgan fingerprint density at radius 1 is 1.08 bits per heavy atom. The molecule has 74 valence electrons. The molecule has 0 heterocycles. The Kier molecular flexibility index (Phi) is 6.65. The van der Waals surface area contributed by atoms with Crippen LogP contribution in [0.4, 0.5) is 0 Å². The number of aryl methyl sites for hydroxylation is 2. The van der Waals surface area contributed by atoms with E-state index in [0.717, 1.165) is 19.4 Å². The van der Waals surface area contributed by atoms with Crippen LogP contribution in [-0.2, 0) is 6.42 Å². The van der Waals surface area contributed by atoms with E-state index in [2.05, 4.69) is 31.2 Å². The first-order chi connectivity index (χ1) is 5.83. The third-order valence-corrected chi connectivity index (χ3v) is 2.04. The lowest BCUT2D eigenvalue weighted by atomic mass is 10.1. The van der Waals surface area contributed by atoms with Crippen molar-refractivity contribution in [3.8, 4) is 0 Å². The van der Waals surface area contributed by atoms with Gasteiger partial charge in [0.25, 0.3) is 0 Å². The van der Waals surface area contributed by atoms with E-state index in [1.165, 1.54) is 17.5 Å². The summed E-state index contributed by atoms with van der Waals surface area (Å²) in [4.78, 5) is 0. The number of halogens is 1. The Morgan fingerprint density at radius 3 is 2.23 bits per heavy atom. The smallest absolute Gasteiger partial charge is 0.00772 e. The van der Waals surface area contributed by atoms with E-state index in [1.807, 2.05) is 0 Å². The lowest BCUT2D eigenvalue weighted by Crippen LogP contribution is -1.98. The first-order valence-corrected chi connectivity index (χ1v) is 4.58. The molecular weight excluding hydrogens is 182 g/mol. The maximum atomic E-state index is 5.42. The zero-order valence-corrected chi connectivity index (χ0v) is 8.94. The summed E-state index contributed by atoms with van der Waals surface area (Å²) in [7, 11) is 0. The Hall–Kier alpha value is -0.530. The van der Waals surface area contributed by atoms with E-state index in [0.29, 0.717) is 0 Å². The molecule has 0 amide bonds. The minimum Gasteiger partial charge on any atom is -0.330 e. The second kappa shape index (κ2) is 6.93.